The molecule has 0 aromatic rings. The van der Waals surface area contributed by atoms with E-state index >= 15 is 0 Å². The first kappa shape index (κ1) is 29.9. The van der Waals surface area contributed by atoms with Crippen molar-refractivity contribution in [2.45, 2.75) is 71.1 Å². The lowest BCUT2D eigenvalue weighted by Gasteiger charge is -2.06. The van der Waals surface area contributed by atoms with Gasteiger partial charge >= 0.3 is 0 Å². The molecule has 0 aliphatic carbocycles. The second kappa shape index (κ2) is 21.0. The van der Waals surface area contributed by atoms with Gasteiger partial charge in [0, 0.05) is 0 Å². The minimum atomic E-state index is -4.48. The molecule has 0 aromatic heterocycles. The number of quaternary nitrogens is 2. The second-order valence-electron chi connectivity index (χ2n) is 4.64. The van der Waals surface area contributed by atoms with Crippen molar-refractivity contribution in [3.05, 3.63) is 15.3 Å². The Morgan fingerprint density at radius 3 is 1.43 bits per heavy atom. The van der Waals surface area contributed by atoms with Crippen LogP contribution in [0.1, 0.15) is 71.1 Å². The predicted octanol–water partition coefficient (Wildman–Crippen LogP) is 3.90. The minimum Gasteiger partial charge on any atom is -0.726 e. The van der Waals surface area contributed by atoms with Crippen molar-refractivity contribution in [3.63, 3.8) is 0 Å². The van der Waals surface area contributed by atoms with E-state index in [0.717, 1.165) is 12.8 Å². The number of hydrogen-bond acceptors (Lipinski definition) is 7. The largest absolute Gasteiger partial charge is 0.726 e. The summed E-state index contributed by atoms with van der Waals surface area (Å²) in [7, 11) is -4.48. The zero-order chi connectivity index (χ0) is 16.6. The lowest BCUT2D eigenvalue weighted by atomic mass is 10.1. The van der Waals surface area contributed by atoms with Gasteiger partial charge in [0.1, 0.15) is 0 Å². The molecule has 0 amide bonds. The maximum Gasteiger partial charge on any atom is 0.217 e. The van der Waals surface area contributed by atoms with Crippen LogP contribution in [0.3, 0.4) is 0 Å². The van der Waals surface area contributed by atoms with Crippen LogP contribution in [0, 0.1) is 15.3 Å². The minimum absolute atomic E-state index is 0. The average Bonchev–Trinajstić information content (AvgIpc) is 2.34. The second-order valence-corrected chi connectivity index (χ2v) is 5.69. The molecular weight excluding hydrogens is 330 g/mol. The molecule has 0 unspecified atom stereocenters. The average molecular weight is 363 g/mol. The Morgan fingerprint density at radius 1 is 0.826 bits per heavy atom. The van der Waals surface area contributed by atoms with E-state index in [2.05, 4.69) is 11.1 Å². The van der Waals surface area contributed by atoms with Gasteiger partial charge < -0.3 is 32.2 Å². The maximum absolute atomic E-state index is 10.1. The van der Waals surface area contributed by atoms with Crippen LogP contribution in [0.4, 0.5) is 0 Å². The SMILES string of the molecule is CCCCCCCCCCCCOS(=O)(=O)[O-].O=[N+]([O-])[O-].[NH4+].[NH4+]. The van der Waals surface area contributed by atoms with Gasteiger partial charge in [-0.3, -0.25) is 4.18 Å². The molecule has 0 bridgehead atoms. The van der Waals surface area contributed by atoms with Crippen molar-refractivity contribution in [1.82, 2.24) is 12.3 Å². The van der Waals surface area contributed by atoms with Crippen LogP contribution in [-0.2, 0) is 14.6 Å². The van der Waals surface area contributed by atoms with E-state index in [4.69, 9.17) is 15.3 Å². The highest BCUT2D eigenvalue weighted by Crippen LogP contribution is 2.10. The maximum atomic E-state index is 10.1. The Bertz CT molecular complexity index is 336. The Balaban J connectivity index is -0.000000268. The zero-order valence-corrected chi connectivity index (χ0v) is 15.3. The summed E-state index contributed by atoms with van der Waals surface area (Å²) in [6.45, 7) is 2.24. The molecule has 8 N–H and O–H groups in total. The molecule has 0 aromatic carbocycles. The van der Waals surface area contributed by atoms with E-state index in [0.29, 0.717) is 6.42 Å². The summed E-state index contributed by atoms with van der Waals surface area (Å²) in [6, 6.07) is 0. The van der Waals surface area contributed by atoms with Crippen molar-refractivity contribution in [1.29, 1.82) is 0 Å². The summed E-state index contributed by atoms with van der Waals surface area (Å²) in [5.41, 5.74) is 0. The molecule has 23 heavy (non-hydrogen) atoms. The summed E-state index contributed by atoms with van der Waals surface area (Å²) in [5.74, 6) is 0. The van der Waals surface area contributed by atoms with Crippen LogP contribution in [0.5, 0.6) is 0 Å². The van der Waals surface area contributed by atoms with Gasteiger partial charge in [0.05, 0.1) is 11.7 Å². The molecule has 144 valence electrons. The molecule has 0 radical (unpaired) electrons. The Hall–Kier alpha value is -1.01. The fourth-order valence-electron chi connectivity index (χ4n) is 1.75. The van der Waals surface area contributed by atoms with E-state index in [9.17, 15) is 13.0 Å². The monoisotopic (exact) mass is 363 g/mol. The highest BCUT2D eigenvalue weighted by Gasteiger charge is 1.95. The number of hydrogen-bond donors (Lipinski definition) is 2. The third-order valence-corrected chi connectivity index (χ3v) is 3.18. The first-order valence-corrected chi connectivity index (χ1v) is 8.54. The molecule has 0 aliphatic rings. The topological polar surface area (TPSA) is 206 Å². The smallest absolute Gasteiger partial charge is 0.217 e. The molecule has 0 heterocycles. The van der Waals surface area contributed by atoms with Crippen molar-refractivity contribution in [2.24, 2.45) is 0 Å². The van der Waals surface area contributed by atoms with Crippen molar-refractivity contribution >= 4 is 10.4 Å². The lowest BCUT2D eigenvalue weighted by Crippen LogP contribution is -2.05. The molecule has 10 nitrogen and oxygen atoms in total. The number of nitrogens with zero attached hydrogens (tertiary/aromatic N) is 1. The van der Waals surface area contributed by atoms with Gasteiger partial charge in [0.2, 0.25) is 10.4 Å². The standard InChI is InChI=1S/C12H26O4S.NO3.2H3N/c1-2-3-4-5-6-7-8-9-10-11-12-16-17(13,14)15;2-1(3)4;;/h2-12H2,1H3,(H,13,14,15);;2*1H3/q;-1;;/p+1. The number of rotatable bonds is 12. The van der Waals surface area contributed by atoms with Crippen LogP contribution in [0.25, 0.3) is 0 Å². The van der Waals surface area contributed by atoms with Crippen LogP contribution in [-0.4, -0.2) is 24.7 Å². The summed E-state index contributed by atoms with van der Waals surface area (Å²) >= 11 is 0. The molecule has 0 atom stereocenters. The van der Waals surface area contributed by atoms with Crippen LogP contribution in [0.2, 0.25) is 0 Å². The van der Waals surface area contributed by atoms with E-state index in [1.165, 1.54) is 44.9 Å². The van der Waals surface area contributed by atoms with Gasteiger partial charge in [-0.25, -0.2) is 8.42 Å². The van der Waals surface area contributed by atoms with Gasteiger partial charge in [-0.1, -0.05) is 64.7 Å². The van der Waals surface area contributed by atoms with Gasteiger partial charge in [-0.15, -0.1) is 0 Å². The number of unbranched alkanes of at least 4 members (excludes halogenated alkanes) is 9. The molecular formula is C12H33N3O7S. The Labute approximate surface area is 138 Å². The highest BCUT2D eigenvalue weighted by molar-refractivity contribution is 7.80. The van der Waals surface area contributed by atoms with E-state index < -0.39 is 15.5 Å². The fraction of sp³-hybridized carbons (Fsp3) is 1.00. The zero-order valence-electron chi connectivity index (χ0n) is 14.5. The van der Waals surface area contributed by atoms with Crippen molar-refractivity contribution < 1.29 is 22.2 Å². The Kier molecular flexibility index (Phi) is 27.3. The van der Waals surface area contributed by atoms with Gasteiger partial charge in [-0.05, 0) is 6.42 Å². The summed E-state index contributed by atoms with van der Waals surface area (Å²) in [6.07, 6.45) is 11.7. The summed E-state index contributed by atoms with van der Waals surface area (Å²) in [4.78, 5) is 8.25. The normalized spacial score (nSPS) is 9.83. The molecule has 11 heteroatoms. The summed E-state index contributed by atoms with van der Waals surface area (Å²) in [5, 5.41) is 14.8. The van der Waals surface area contributed by atoms with Crippen LogP contribution < -0.4 is 12.3 Å². The molecule has 0 aliphatic heterocycles. The quantitative estimate of drug-likeness (QED) is 0.171. The first-order valence-electron chi connectivity index (χ1n) is 7.21. The molecule has 0 rings (SSSR count). The van der Waals surface area contributed by atoms with E-state index in [-0.39, 0.29) is 18.9 Å². The fourth-order valence-corrected chi connectivity index (χ4v) is 2.07. The molecule has 0 fully saturated rings. The van der Waals surface area contributed by atoms with Crippen molar-refractivity contribution in [3.8, 4) is 0 Å². The van der Waals surface area contributed by atoms with Gasteiger partial charge in [0.15, 0.2) is 0 Å². The van der Waals surface area contributed by atoms with Gasteiger partial charge in [-0.2, -0.15) is 0 Å². The predicted molar refractivity (Wildman–Crippen MR) is 89.8 cm³/mol. The van der Waals surface area contributed by atoms with Crippen molar-refractivity contribution in [2.75, 3.05) is 6.61 Å². The molecule has 0 saturated heterocycles. The highest BCUT2D eigenvalue weighted by atomic mass is 32.3. The van der Waals surface area contributed by atoms with E-state index in [1.54, 1.807) is 0 Å². The molecule has 0 spiro atoms. The Morgan fingerprint density at radius 2 is 1.13 bits per heavy atom. The van der Waals surface area contributed by atoms with E-state index in [1.807, 2.05) is 0 Å². The lowest BCUT2D eigenvalue weighted by molar-refractivity contribution is -0.402. The van der Waals surface area contributed by atoms with Gasteiger partial charge in [0.25, 0.3) is 0 Å². The summed E-state index contributed by atoms with van der Waals surface area (Å²) < 4.78 is 34.5. The van der Waals surface area contributed by atoms with Crippen LogP contribution in [0.15, 0.2) is 0 Å². The molecule has 0 saturated carbocycles. The third kappa shape index (κ3) is 44.9. The third-order valence-electron chi connectivity index (χ3n) is 2.73. The first-order chi connectivity index (χ1) is 9.79. The van der Waals surface area contributed by atoms with Crippen LogP contribution >= 0.6 is 0 Å².